The van der Waals surface area contributed by atoms with E-state index in [4.69, 9.17) is 0 Å². The Bertz CT molecular complexity index is 563. The van der Waals surface area contributed by atoms with Crippen LogP contribution in [-0.2, 0) is 6.54 Å². The van der Waals surface area contributed by atoms with Crippen molar-refractivity contribution in [2.24, 2.45) is 0 Å². The second kappa shape index (κ2) is 5.50. The summed E-state index contributed by atoms with van der Waals surface area (Å²) in [5, 5.41) is 13.6. The minimum Gasteiger partial charge on any atom is -0.363 e. The number of anilines is 1. The minimum absolute atomic E-state index is 0.0607. The second-order valence-corrected chi connectivity index (χ2v) is 4.19. The number of pyridine rings is 1. The van der Waals surface area contributed by atoms with E-state index in [-0.39, 0.29) is 5.69 Å². The zero-order chi connectivity index (χ0) is 13.0. The first-order chi connectivity index (χ1) is 8.66. The summed E-state index contributed by atoms with van der Waals surface area (Å²) in [4.78, 5) is 21.9. The third-order valence-electron chi connectivity index (χ3n) is 2.12. The summed E-state index contributed by atoms with van der Waals surface area (Å²) >= 11 is 3.23. The molecule has 0 aliphatic carbocycles. The summed E-state index contributed by atoms with van der Waals surface area (Å²) in [5.74, 6) is 0.527. The van der Waals surface area contributed by atoms with Gasteiger partial charge in [-0.1, -0.05) is 0 Å². The van der Waals surface area contributed by atoms with Crippen LogP contribution in [0.4, 0.5) is 11.5 Å². The quantitative estimate of drug-likeness (QED) is 0.687. The van der Waals surface area contributed by atoms with Crippen LogP contribution in [-0.4, -0.2) is 19.9 Å². The molecule has 0 saturated heterocycles. The number of aromatic nitrogens is 3. The van der Waals surface area contributed by atoms with Gasteiger partial charge in [-0.3, -0.25) is 10.1 Å². The molecule has 2 aromatic heterocycles. The average molecular weight is 310 g/mol. The summed E-state index contributed by atoms with van der Waals surface area (Å²) < 4.78 is 0.533. The molecule has 8 heteroatoms. The first-order valence-electron chi connectivity index (χ1n) is 4.95. The Morgan fingerprint density at radius 3 is 2.89 bits per heavy atom. The van der Waals surface area contributed by atoms with Crippen LogP contribution in [0.1, 0.15) is 5.69 Å². The summed E-state index contributed by atoms with van der Waals surface area (Å²) in [6.45, 7) is 0.464. The molecule has 18 heavy (non-hydrogen) atoms. The lowest BCUT2D eigenvalue weighted by Gasteiger charge is -2.06. The molecule has 0 fully saturated rings. The predicted octanol–water partition coefficient (Wildman–Crippen LogP) is 2.15. The van der Waals surface area contributed by atoms with Crippen molar-refractivity contribution >= 4 is 27.4 Å². The summed E-state index contributed by atoms with van der Waals surface area (Å²) in [7, 11) is 0. The van der Waals surface area contributed by atoms with Gasteiger partial charge in [-0.05, 0) is 22.0 Å². The Hall–Kier alpha value is -2.09. The van der Waals surface area contributed by atoms with Crippen LogP contribution in [0.25, 0.3) is 0 Å². The van der Waals surface area contributed by atoms with Gasteiger partial charge in [0.2, 0.25) is 0 Å². The molecule has 0 bridgehead atoms. The molecule has 0 radical (unpaired) electrons. The maximum atomic E-state index is 10.6. The van der Waals surface area contributed by atoms with E-state index < -0.39 is 4.92 Å². The lowest BCUT2D eigenvalue weighted by Crippen LogP contribution is -2.04. The Balaban J connectivity index is 2.08. The molecule has 7 nitrogen and oxygen atoms in total. The molecule has 92 valence electrons. The SMILES string of the molecule is O=[N+]([O-])c1cnc(NCc2ccncn2)c(Br)c1. The zero-order valence-electron chi connectivity index (χ0n) is 9.08. The van der Waals surface area contributed by atoms with E-state index in [1.807, 2.05) is 0 Å². The van der Waals surface area contributed by atoms with E-state index in [1.54, 1.807) is 12.3 Å². The minimum atomic E-state index is -0.494. The molecule has 0 aliphatic rings. The summed E-state index contributed by atoms with van der Waals surface area (Å²) in [6.07, 6.45) is 4.30. The van der Waals surface area contributed by atoms with Gasteiger partial charge in [0, 0.05) is 12.3 Å². The highest BCUT2D eigenvalue weighted by Gasteiger charge is 2.10. The Kier molecular flexibility index (Phi) is 3.78. The summed E-state index contributed by atoms with van der Waals surface area (Å²) in [6, 6.07) is 3.17. The largest absolute Gasteiger partial charge is 0.363 e. The van der Waals surface area contributed by atoms with E-state index in [9.17, 15) is 10.1 Å². The van der Waals surface area contributed by atoms with Crippen LogP contribution in [0.15, 0.2) is 35.3 Å². The van der Waals surface area contributed by atoms with Gasteiger partial charge in [-0.25, -0.2) is 15.0 Å². The van der Waals surface area contributed by atoms with Crippen molar-refractivity contribution in [2.45, 2.75) is 6.54 Å². The molecule has 0 unspecified atom stereocenters. The van der Waals surface area contributed by atoms with Gasteiger partial charge in [-0.15, -0.1) is 0 Å². The molecule has 0 amide bonds. The first kappa shape index (κ1) is 12.4. The predicted molar refractivity (Wildman–Crippen MR) is 68.0 cm³/mol. The molecule has 0 saturated carbocycles. The highest BCUT2D eigenvalue weighted by Crippen LogP contribution is 2.24. The van der Waals surface area contributed by atoms with Gasteiger partial charge < -0.3 is 5.32 Å². The lowest BCUT2D eigenvalue weighted by atomic mass is 10.4. The van der Waals surface area contributed by atoms with Crippen molar-refractivity contribution in [2.75, 3.05) is 5.32 Å². The van der Waals surface area contributed by atoms with Crippen molar-refractivity contribution in [1.82, 2.24) is 15.0 Å². The van der Waals surface area contributed by atoms with E-state index in [0.717, 1.165) is 5.69 Å². The fourth-order valence-electron chi connectivity index (χ4n) is 1.25. The van der Waals surface area contributed by atoms with E-state index in [1.165, 1.54) is 18.6 Å². The van der Waals surface area contributed by atoms with Crippen molar-refractivity contribution < 1.29 is 4.92 Å². The monoisotopic (exact) mass is 309 g/mol. The fraction of sp³-hybridized carbons (Fsp3) is 0.100. The maximum Gasteiger partial charge on any atom is 0.288 e. The van der Waals surface area contributed by atoms with Crippen LogP contribution in [0.3, 0.4) is 0 Å². The lowest BCUT2D eigenvalue weighted by molar-refractivity contribution is -0.385. The maximum absolute atomic E-state index is 10.6. The highest BCUT2D eigenvalue weighted by molar-refractivity contribution is 9.10. The Morgan fingerprint density at radius 1 is 1.44 bits per heavy atom. The second-order valence-electron chi connectivity index (χ2n) is 3.34. The van der Waals surface area contributed by atoms with E-state index in [2.05, 4.69) is 36.2 Å². The van der Waals surface area contributed by atoms with Crippen molar-refractivity contribution in [3.05, 3.63) is 51.1 Å². The first-order valence-corrected chi connectivity index (χ1v) is 5.75. The number of nitro groups is 1. The van der Waals surface area contributed by atoms with Crippen LogP contribution in [0.2, 0.25) is 0 Å². The molecular weight excluding hydrogens is 302 g/mol. The average Bonchev–Trinajstić information content (AvgIpc) is 2.38. The molecule has 0 aliphatic heterocycles. The molecule has 2 rings (SSSR count). The number of halogens is 1. The molecule has 1 N–H and O–H groups in total. The number of rotatable bonds is 4. The van der Waals surface area contributed by atoms with E-state index >= 15 is 0 Å². The van der Waals surface area contributed by atoms with Crippen LogP contribution in [0, 0.1) is 10.1 Å². The van der Waals surface area contributed by atoms with Crippen LogP contribution >= 0.6 is 15.9 Å². The topological polar surface area (TPSA) is 93.8 Å². The van der Waals surface area contributed by atoms with Crippen molar-refractivity contribution in [3.63, 3.8) is 0 Å². The highest BCUT2D eigenvalue weighted by atomic mass is 79.9. The fourth-order valence-corrected chi connectivity index (χ4v) is 1.73. The normalized spacial score (nSPS) is 10.1. The summed E-state index contributed by atoms with van der Waals surface area (Å²) in [5.41, 5.74) is 0.742. The van der Waals surface area contributed by atoms with Gasteiger partial charge in [-0.2, -0.15) is 0 Å². The standard InChI is InChI=1S/C10H8BrN5O2/c11-9-3-8(16(17)18)5-14-10(9)13-4-7-1-2-12-6-15-7/h1-3,5-6H,4H2,(H,13,14). The van der Waals surface area contributed by atoms with Gasteiger partial charge in [0.25, 0.3) is 5.69 Å². The zero-order valence-corrected chi connectivity index (χ0v) is 10.7. The van der Waals surface area contributed by atoms with Gasteiger partial charge in [0.05, 0.1) is 21.6 Å². The molecule has 0 atom stereocenters. The molecule has 0 aromatic carbocycles. The number of nitrogens with zero attached hydrogens (tertiary/aromatic N) is 4. The van der Waals surface area contributed by atoms with Crippen LogP contribution < -0.4 is 5.32 Å². The number of hydrogen-bond donors (Lipinski definition) is 1. The molecule has 0 spiro atoms. The van der Waals surface area contributed by atoms with Crippen LogP contribution in [0.5, 0.6) is 0 Å². The molecule has 2 heterocycles. The Morgan fingerprint density at radius 2 is 2.28 bits per heavy atom. The Labute approximate surface area is 111 Å². The molecular formula is C10H8BrN5O2. The van der Waals surface area contributed by atoms with Gasteiger partial charge in [0.1, 0.15) is 18.3 Å². The van der Waals surface area contributed by atoms with Gasteiger partial charge >= 0.3 is 0 Å². The molecule has 2 aromatic rings. The van der Waals surface area contributed by atoms with Gasteiger partial charge in [0.15, 0.2) is 0 Å². The van der Waals surface area contributed by atoms with Crippen molar-refractivity contribution in [1.29, 1.82) is 0 Å². The number of nitrogens with one attached hydrogen (secondary N) is 1. The van der Waals surface area contributed by atoms with Crippen molar-refractivity contribution in [3.8, 4) is 0 Å². The number of hydrogen-bond acceptors (Lipinski definition) is 6. The smallest absolute Gasteiger partial charge is 0.288 e. The third kappa shape index (κ3) is 2.98. The third-order valence-corrected chi connectivity index (χ3v) is 2.72. The van der Waals surface area contributed by atoms with E-state index in [0.29, 0.717) is 16.8 Å².